The molecule has 3 aromatic heterocycles. The van der Waals surface area contributed by atoms with Crippen LogP contribution in [0, 0.1) is 5.41 Å². The summed E-state index contributed by atoms with van der Waals surface area (Å²) in [7, 11) is 0. The lowest BCUT2D eigenvalue weighted by Gasteiger charge is -2.27. The summed E-state index contributed by atoms with van der Waals surface area (Å²) in [5.74, 6) is 1.24. The van der Waals surface area contributed by atoms with Crippen molar-refractivity contribution in [1.29, 1.82) is 0 Å². The number of nitrogens with zero attached hydrogens (tertiary/aromatic N) is 4. The van der Waals surface area contributed by atoms with Crippen LogP contribution in [-0.2, 0) is 0 Å². The Bertz CT molecular complexity index is 1400. The molecule has 4 heterocycles. The lowest BCUT2D eigenvalue weighted by Crippen LogP contribution is -2.36. The number of aliphatic hydroxyl groups is 2. The first-order chi connectivity index (χ1) is 15.9. The highest BCUT2D eigenvalue weighted by Gasteiger charge is 2.56. The largest absolute Gasteiger partial charge is 0.390 e. The molecule has 1 aliphatic carbocycles. The van der Waals surface area contributed by atoms with E-state index in [-0.39, 0.29) is 16.7 Å². The summed E-state index contributed by atoms with van der Waals surface area (Å²) < 4.78 is 2.72. The molecule has 0 amide bonds. The topological polar surface area (TPSA) is 110 Å². The molecule has 5 unspecified atom stereocenters. The van der Waals surface area contributed by atoms with Gasteiger partial charge in [0.2, 0.25) is 0 Å². The van der Waals surface area contributed by atoms with Gasteiger partial charge in [0.05, 0.1) is 27.5 Å². The van der Waals surface area contributed by atoms with Crippen LogP contribution in [0.5, 0.6) is 0 Å². The number of nitrogens with two attached hydrogens (primary N) is 1. The maximum atomic E-state index is 11.2. The number of aromatic nitrogens is 4. The molecule has 1 spiro atoms. The molecule has 33 heavy (non-hydrogen) atoms. The molecule has 6 rings (SSSR count). The number of nitrogen functional groups attached to an aromatic ring is 1. The third-order valence-corrected chi connectivity index (χ3v) is 9.66. The van der Waals surface area contributed by atoms with E-state index in [1.54, 1.807) is 0 Å². The predicted molar refractivity (Wildman–Crippen MR) is 134 cm³/mol. The van der Waals surface area contributed by atoms with Gasteiger partial charge in [-0.1, -0.05) is 23.7 Å². The first-order valence-corrected chi connectivity index (χ1v) is 12.9. The minimum Gasteiger partial charge on any atom is -0.390 e. The summed E-state index contributed by atoms with van der Waals surface area (Å²) >= 11 is 11.5. The maximum Gasteiger partial charge on any atom is 0.145 e. The van der Waals surface area contributed by atoms with Crippen molar-refractivity contribution in [3.8, 4) is 0 Å². The Balaban J connectivity index is 1.30. The number of thioether (sulfide) groups is 1. The van der Waals surface area contributed by atoms with Gasteiger partial charge in [-0.3, -0.25) is 0 Å². The Morgan fingerprint density at radius 2 is 2.03 bits per heavy atom. The van der Waals surface area contributed by atoms with Crippen LogP contribution in [0.25, 0.3) is 21.9 Å². The molecule has 7 nitrogen and oxygen atoms in total. The van der Waals surface area contributed by atoms with E-state index in [1.807, 2.05) is 34.7 Å². The van der Waals surface area contributed by atoms with Gasteiger partial charge in [-0.15, -0.1) is 0 Å². The van der Waals surface area contributed by atoms with Crippen molar-refractivity contribution >= 4 is 67.0 Å². The molecular formula is C23H21BrClN5O2S. The summed E-state index contributed by atoms with van der Waals surface area (Å²) in [6.07, 6.45) is 3.04. The second kappa shape index (κ2) is 7.81. The van der Waals surface area contributed by atoms with Gasteiger partial charge in [0.1, 0.15) is 29.0 Å². The van der Waals surface area contributed by atoms with E-state index < -0.39 is 12.2 Å². The molecule has 2 aliphatic rings. The summed E-state index contributed by atoms with van der Waals surface area (Å²) in [5.41, 5.74) is 8.30. The molecular weight excluding hydrogens is 526 g/mol. The van der Waals surface area contributed by atoms with Crippen LogP contribution < -0.4 is 5.73 Å². The Morgan fingerprint density at radius 1 is 1.18 bits per heavy atom. The summed E-state index contributed by atoms with van der Waals surface area (Å²) in [4.78, 5) is 12.9. The molecule has 1 saturated heterocycles. The number of fused-ring (bicyclic) bond motifs is 2. The molecule has 170 valence electrons. The molecule has 1 aromatic carbocycles. The first-order valence-electron chi connectivity index (χ1n) is 10.7. The van der Waals surface area contributed by atoms with Crippen LogP contribution in [0.3, 0.4) is 0 Å². The molecule has 5 atom stereocenters. The average Bonchev–Trinajstić information content (AvgIpc) is 3.48. The van der Waals surface area contributed by atoms with E-state index in [0.29, 0.717) is 23.0 Å². The van der Waals surface area contributed by atoms with Gasteiger partial charge in [-0.2, -0.15) is 11.8 Å². The number of hydrogen-bond donors (Lipinski definition) is 3. The molecule has 10 heteroatoms. The van der Waals surface area contributed by atoms with Crippen molar-refractivity contribution in [2.45, 2.75) is 36.3 Å². The standard InChI is InChI=1S/C23H21BrClN5O2S/c24-14-5-11-1-2-12(6-15(11)29-21(14)26)17-8-23(9-33-17)7-16(18(31)19(23)32)30-4-3-13-20(25)27-10-28-22(13)30/h1-6,10,16-19,31-32H,7-9H2,(H2,26,29). The summed E-state index contributed by atoms with van der Waals surface area (Å²) in [6, 6.07) is 9.83. The normalized spacial score (nSPS) is 29.6. The van der Waals surface area contributed by atoms with Gasteiger partial charge >= 0.3 is 0 Å². The van der Waals surface area contributed by atoms with Crippen molar-refractivity contribution in [3.05, 3.63) is 58.0 Å². The zero-order chi connectivity index (χ0) is 22.9. The van der Waals surface area contributed by atoms with Crippen LogP contribution in [0.2, 0.25) is 5.15 Å². The fraction of sp³-hybridized carbons (Fsp3) is 0.348. The Kier molecular flexibility index (Phi) is 5.12. The number of pyridine rings is 1. The summed E-state index contributed by atoms with van der Waals surface area (Å²) in [6.45, 7) is 0. The number of anilines is 1. The highest BCUT2D eigenvalue weighted by Crippen LogP contribution is 2.59. The number of hydrogen-bond acceptors (Lipinski definition) is 7. The second-order valence-corrected chi connectivity index (χ2v) is 11.4. The van der Waals surface area contributed by atoms with E-state index in [0.717, 1.165) is 38.5 Å². The van der Waals surface area contributed by atoms with Crippen molar-refractivity contribution in [3.63, 3.8) is 0 Å². The Morgan fingerprint density at radius 3 is 2.88 bits per heavy atom. The number of benzene rings is 1. The number of rotatable bonds is 2. The van der Waals surface area contributed by atoms with E-state index in [2.05, 4.69) is 49.1 Å². The number of halogens is 2. The molecule has 4 aromatic rings. The van der Waals surface area contributed by atoms with E-state index in [9.17, 15) is 10.2 Å². The van der Waals surface area contributed by atoms with Crippen molar-refractivity contribution in [2.75, 3.05) is 11.5 Å². The summed E-state index contributed by atoms with van der Waals surface area (Å²) in [5, 5.41) is 24.6. The van der Waals surface area contributed by atoms with Crippen LogP contribution >= 0.6 is 39.3 Å². The van der Waals surface area contributed by atoms with Crippen LogP contribution in [0.15, 0.2) is 47.3 Å². The van der Waals surface area contributed by atoms with Crippen LogP contribution in [0.1, 0.15) is 29.7 Å². The Labute approximate surface area is 207 Å². The third kappa shape index (κ3) is 3.36. The molecule has 1 aliphatic heterocycles. The van der Waals surface area contributed by atoms with Gasteiger partial charge < -0.3 is 20.5 Å². The highest BCUT2D eigenvalue weighted by atomic mass is 79.9. The minimum atomic E-state index is -0.885. The zero-order valence-electron chi connectivity index (χ0n) is 17.4. The average molecular weight is 547 g/mol. The molecule has 0 radical (unpaired) electrons. The SMILES string of the molecule is Nc1nc2cc(C3CC4(CS3)CC(n3ccc5c(Cl)ncnc53)C(O)C4O)ccc2cc1Br. The maximum absolute atomic E-state index is 11.2. The van der Waals surface area contributed by atoms with Crippen molar-refractivity contribution in [2.24, 2.45) is 5.41 Å². The van der Waals surface area contributed by atoms with E-state index >= 15 is 0 Å². The van der Waals surface area contributed by atoms with Gasteiger partial charge in [-0.05, 0) is 52.5 Å². The molecule has 2 fully saturated rings. The van der Waals surface area contributed by atoms with Gasteiger partial charge in [-0.25, -0.2) is 15.0 Å². The lowest BCUT2D eigenvalue weighted by molar-refractivity contribution is -0.0204. The quantitative estimate of drug-likeness (QED) is 0.317. The first kappa shape index (κ1) is 21.6. The third-order valence-electron chi connectivity index (χ3n) is 7.14. The van der Waals surface area contributed by atoms with Gasteiger partial charge in [0, 0.05) is 28.0 Å². The Hall–Kier alpha value is -1.91. The van der Waals surface area contributed by atoms with Crippen molar-refractivity contribution in [1.82, 2.24) is 19.5 Å². The van der Waals surface area contributed by atoms with Crippen LogP contribution in [-0.4, -0.2) is 47.7 Å². The monoisotopic (exact) mass is 545 g/mol. The smallest absolute Gasteiger partial charge is 0.145 e. The fourth-order valence-corrected chi connectivity index (χ4v) is 7.65. The van der Waals surface area contributed by atoms with E-state index in [1.165, 1.54) is 6.33 Å². The molecule has 4 N–H and O–H groups in total. The highest BCUT2D eigenvalue weighted by molar-refractivity contribution is 9.10. The van der Waals surface area contributed by atoms with Crippen molar-refractivity contribution < 1.29 is 10.2 Å². The van der Waals surface area contributed by atoms with E-state index in [4.69, 9.17) is 17.3 Å². The van der Waals surface area contributed by atoms with Crippen LogP contribution in [0.4, 0.5) is 5.82 Å². The van der Waals surface area contributed by atoms with Gasteiger partial charge in [0.15, 0.2) is 0 Å². The molecule has 1 saturated carbocycles. The number of aliphatic hydroxyl groups excluding tert-OH is 2. The lowest BCUT2D eigenvalue weighted by atomic mass is 9.80. The van der Waals surface area contributed by atoms with Gasteiger partial charge in [0.25, 0.3) is 0 Å². The minimum absolute atomic E-state index is 0.208. The predicted octanol–water partition coefficient (Wildman–Crippen LogP) is 4.51. The zero-order valence-corrected chi connectivity index (χ0v) is 20.6. The fourth-order valence-electron chi connectivity index (χ4n) is 5.39. The molecule has 0 bridgehead atoms. The second-order valence-electron chi connectivity index (χ2n) is 9.01.